The summed E-state index contributed by atoms with van der Waals surface area (Å²) in [5, 5.41) is 2.93. The SMILES string of the molecule is CC(CN)N1CC(c2cccnc2)NC1=O. The molecule has 2 atom stereocenters. The molecule has 1 aliphatic heterocycles. The van der Waals surface area contributed by atoms with Gasteiger partial charge in [-0.2, -0.15) is 0 Å². The van der Waals surface area contributed by atoms with Crippen molar-refractivity contribution in [3.8, 4) is 0 Å². The molecule has 1 aliphatic rings. The summed E-state index contributed by atoms with van der Waals surface area (Å²) in [4.78, 5) is 17.5. The van der Waals surface area contributed by atoms with Gasteiger partial charge >= 0.3 is 6.03 Å². The van der Waals surface area contributed by atoms with Crippen molar-refractivity contribution in [1.29, 1.82) is 0 Å². The number of pyridine rings is 1. The molecule has 0 bridgehead atoms. The molecular formula is C11H16N4O. The number of rotatable bonds is 3. The molecule has 0 aromatic carbocycles. The molecule has 3 N–H and O–H groups in total. The fraction of sp³-hybridized carbons (Fsp3) is 0.455. The van der Waals surface area contributed by atoms with E-state index in [1.807, 2.05) is 19.1 Å². The fourth-order valence-corrected chi connectivity index (χ4v) is 1.84. The largest absolute Gasteiger partial charge is 0.329 e. The van der Waals surface area contributed by atoms with Gasteiger partial charge in [-0.05, 0) is 18.6 Å². The molecule has 5 heteroatoms. The lowest BCUT2D eigenvalue weighted by atomic mass is 10.1. The summed E-state index contributed by atoms with van der Waals surface area (Å²) in [6, 6.07) is 3.88. The lowest BCUT2D eigenvalue weighted by Crippen LogP contribution is -2.40. The van der Waals surface area contributed by atoms with Crippen molar-refractivity contribution in [3.05, 3.63) is 30.1 Å². The maximum absolute atomic E-state index is 11.7. The number of amides is 2. The average molecular weight is 220 g/mol. The topological polar surface area (TPSA) is 71.2 Å². The molecule has 0 radical (unpaired) electrons. The molecule has 2 amide bonds. The van der Waals surface area contributed by atoms with Crippen LogP contribution in [-0.4, -0.2) is 35.0 Å². The van der Waals surface area contributed by atoms with Gasteiger partial charge in [0, 0.05) is 31.5 Å². The van der Waals surface area contributed by atoms with E-state index in [1.165, 1.54) is 0 Å². The minimum atomic E-state index is -0.0493. The Morgan fingerprint density at radius 1 is 1.75 bits per heavy atom. The van der Waals surface area contributed by atoms with Gasteiger partial charge in [-0.3, -0.25) is 4.98 Å². The summed E-state index contributed by atoms with van der Waals surface area (Å²) in [5.74, 6) is 0. The molecule has 1 fully saturated rings. The Kier molecular flexibility index (Phi) is 3.05. The van der Waals surface area contributed by atoms with Gasteiger partial charge in [0.05, 0.1) is 6.04 Å². The monoisotopic (exact) mass is 220 g/mol. The highest BCUT2D eigenvalue weighted by molar-refractivity contribution is 5.77. The van der Waals surface area contributed by atoms with E-state index in [0.29, 0.717) is 13.1 Å². The van der Waals surface area contributed by atoms with Crippen LogP contribution in [0.2, 0.25) is 0 Å². The van der Waals surface area contributed by atoms with Crippen LogP contribution in [0.4, 0.5) is 4.79 Å². The van der Waals surface area contributed by atoms with Crippen LogP contribution in [0, 0.1) is 0 Å². The number of carbonyl (C=O) groups is 1. The molecule has 0 spiro atoms. The minimum Gasteiger partial charge on any atom is -0.329 e. The van der Waals surface area contributed by atoms with Crippen molar-refractivity contribution in [1.82, 2.24) is 15.2 Å². The molecule has 1 saturated heterocycles. The number of urea groups is 1. The van der Waals surface area contributed by atoms with Gasteiger partial charge in [0.2, 0.25) is 0 Å². The summed E-state index contributed by atoms with van der Waals surface area (Å²) >= 11 is 0. The Morgan fingerprint density at radius 3 is 3.19 bits per heavy atom. The van der Waals surface area contributed by atoms with Gasteiger partial charge in [0.15, 0.2) is 0 Å². The third-order valence-corrected chi connectivity index (χ3v) is 2.90. The Bertz CT molecular complexity index is 368. The number of hydrogen-bond acceptors (Lipinski definition) is 3. The van der Waals surface area contributed by atoms with Gasteiger partial charge in [0.25, 0.3) is 0 Å². The lowest BCUT2D eigenvalue weighted by Gasteiger charge is -2.21. The van der Waals surface area contributed by atoms with E-state index in [2.05, 4.69) is 10.3 Å². The molecule has 1 aromatic heterocycles. The van der Waals surface area contributed by atoms with E-state index in [9.17, 15) is 4.79 Å². The first-order chi connectivity index (χ1) is 7.72. The van der Waals surface area contributed by atoms with Gasteiger partial charge in [-0.15, -0.1) is 0 Å². The maximum Gasteiger partial charge on any atom is 0.318 e. The second kappa shape index (κ2) is 4.49. The van der Waals surface area contributed by atoms with Crippen molar-refractivity contribution in [2.75, 3.05) is 13.1 Å². The number of hydrogen-bond donors (Lipinski definition) is 2. The Balaban J connectivity index is 2.10. The third-order valence-electron chi connectivity index (χ3n) is 2.90. The van der Waals surface area contributed by atoms with E-state index < -0.39 is 0 Å². The van der Waals surface area contributed by atoms with Crippen LogP contribution in [0.15, 0.2) is 24.5 Å². The summed E-state index contributed by atoms with van der Waals surface area (Å²) in [5.41, 5.74) is 6.59. The average Bonchev–Trinajstić information content (AvgIpc) is 2.71. The molecule has 0 saturated carbocycles. The highest BCUT2D eigenvalue weighted by Crippen LogP contribution is 2.20. The zero-order valence-electron chi connectivity index (χ0n) is 9.26. The molecule has 16 heavy (non-hydrogen) atoms. The lowest BCUT2D eigenvalue weighted by molar-refractivity contribution is 0.203. The summed E-state index contributed by atoms with van der Waals surface area (Å²) in [7, 11) is 0. The predicted octanol–water partition coefficient (Wildman–Crippen LogP) is 0.495. The molecule has 86 valence electrons. The quantitative estimate of drug-likeness (QED) is 0.779. The molecule has 2 heterocycles. The molecule has 1 aromatic rings. The summed E-state index contributed by atoms with van der Waals surface area (Å²) in [6.45, 7) is 3.08. The standard InChI is InChI=1S/C11H16N4O/c1-8(5-12)15-7-10(14-11(15)16)9-3-2-4-13-6-9/h2-4,6,8,10H,5,7,12H2,1H3,(H,14,16). The highest BCUT2D eigenvalue weighted by Gasteiger charge is 2.32. The van der Waals surface area contributed by atoms with Crippen LogP contribution in [0.25, 0.3) is 0 Å². The maximum atomic E-state index is 11.7. The van der Waals surface area contributed by atoms with Crippen molar-refractivity contribution in [2.24, 2.45) is 5.73 Å². The Morgan fingerprint density at radius 2 is 2.56 bits per heavy atom. The number of aromatic nitrogens is 1. The summed E-state index contributed by atoms with van der Waals surface area (Å²) < 4.78 is 0. The van der Waals surface area contributed by atoms with Crippen molar-refractivity contribution < 1.29 is 4.79 Å². The van der Waals surface area contributed by atoms with E-state index in [4.69, 9.17) is 5.73 Å². The zero-order valence-corrected chi connectivity index (χ0v) is 9.26. The molecule has 2 unspecified atom stereocenters. The van der Waals surface area contributed by atoms with Crippen molar-refractivity contribution in [2.45, 2.75) is 19.0 Å². The Hall–Kier alpha value is -1.62. The fourth-order valence-electron chi connectivity index (χ4n) is 1.84. The third kappa shape index (κ3) is 1.99. The number of nitrogens with one attached hydrogen (secondary N) is 1. The molecule has 0 aliphatic carbocycles. The molecular weight excluding hydrogens is 204 g/mol. The van der Waals surface area contributed by atoms with Crippen LogP contribution < -0.4 is 11.1 Å². The van der Waals surface area contributed by atoms with Gasteiger partial charge in [-0.1, -0.05) is 6.07 Å². The van der Waals surface area contributed by atoms with Crippen LogP contribution >= 0.6 is 0 Å². The van der Waals surface area contributed by atoms with E-state index in [0.717, 1.165) is 5.56 Å². The zero-order chi connectivity index (χ0) is 11.5. The number of nitrogens with two attached hydrogens (primary N) is 1. The normalized spacial score (nSPS) is 22.0. The molecule has 2 rings (SSSR count). The van der Waals surface area contributed by atoms with E-state index in [-0.39, 0.29) is 18.1 Å². The number of nitrogens with zero attached hydrogens (tertiary/aromatic N) is 2. The highest BCUT2D eigenvalue weighted by atomic mass is 16.2. The predicted molar refractivity (Wildman–Crippen MR) is 60.7 cm³/mol. The van der Waals surface area contributed by atoms with Crippen molar-refractivity contribution in [3.63, 3.8) is 0 Å². The van der Waals surface area contributed by atoms with Crippen molar-refractivity contribution >= 4 is 6.03 Å². The first-order valence-electron chi connectivity index (χ1n) is 5.39. The van der Waals surface area contributed by atoms with Gasteiger partial charge in [0.1, 0.15) is 0 Å². The molecule has 5 nitrogen and oxygen atoms in total. The first kappa shape index (κ1) is 10.9. The Labute approximate surface area is 94.6 Å². The van der Waals surface area contributed by atoms with Crippen LogP contribution in [0.1, 0.15) is 18.5 Å². The van der Waals surface area contributed by atoms with Crippen LogP contribution in [-0.2, 0) is 0 Å². The second-order valence-electron chi connectivity index (χ2n) is 4.03. The number of carbonyl (C=O) groups excluding carboxylic acids is 1. The summed E-state index contributed by atoms with van der Waals surface area (Å²) in [6.07, 6.45) is 3.50. The van der Waals surface area contributed by atoms with Gasteiger partial charge in [-0.25, -0.2) is 4.79 Å². The minimum absolute atomic E-state index is 0.0233. The van der Waals surface area contributed by atoms with E-state index >= 15 is 0 Å². The van der Waals surface area contributed by atoms with Gasteiger partial charge < -0.3 is 16.0 Å². The van der Waals surface area contributed by atoms with E-state index in [1.54, 1.807) is 17.3 Å². The first-order valence-corrected chi connectivity index (χ1v) is 5.39. The van der Waals surface area contributed by atoms with Crippen LogP contribution in [0.3, 0.4) is 0 Å². The smallest absolute Gasteiger partial charge is 0.318 e. The second-order valence-corrected chi connectivity index (χ2v) is 4.03. The van der Waals surface area contributed by atoms with Crippen LogP contribution in [0.5, 0.6) is 0 Å².